The molecule has 3 rings (SSSR count). The van der Waals surface area contributed by atoms with Gasteiger partial charge in [-0.15, -0.1) is 0 Å². The van der Waals surface area contributed by atoms with Crippen molar-refractivity contribution in [3.05, 3.63) is 99.6 Å². The molecule has 3 atom stereocenters. The van der Waals surface area contributed by atoms with Crippen molar-refractivity contribution >= 4 is 0 Å². The molecule has 2 N–H and O–H groups in total. The lowest BCUT2D eigenvalue weighted by molar-refractivity contribution is 0.129. The molecule has 0 saturated carbocycles. The van der Waals surface area contributed by atoms with Gasteiger partial charge in [-0.2, -0.15) is 0 Å². The molecule has 2 aromatic carbocycles. The predicted molar refractivity (Wildman–Crippen MR) is 110 cm³/mol. The van der Waals surface area contributed by atoms with Gasteiger partial charge < -0.3 is 14.6 Å². The highest BCUT2D eigenvalue weighted by Crippen LogP contribution is 2.37. The maximum Gasteiger partial charge on any atom is 0.343 e. The minimum Gasteiger partial charge on any atom is -0.507 e. The Kier molecular flexibility index (Phi) is 6.32. The molecule has 0 radical (unpaired) electrons. The highest BCUT2D eigenvalue weighted by molar-refractivity contribution is 5.40. The molecule has 4 heteroatoms. The average molecular weight is 378 g/mol. The molecule has 1 aromatic heterocycles. The van der Waals surface area contributed by atoms with Crippen molar-refractivity contribution in [2.24, 2.45) is 0 Å². The van der Waals surface area contributed by atoms with Crippen molar-refractivity contribution in [2.75, 3.05) is 0 Å². The second-order valence-corrected chi connectivity index (χ2v) is 6.98. The SMILES string of the molecule is CCC(c1ccccc1)c1c(O)cc(C(CC)C(O)c2ccccc2)oc1=O. The summed E-state index contributed by atoms with van der Waals surface area (Å²) in [5.74, 6) is -0.453. The van der Waals surface area contributed by atoms with Gasteiger partial charge in [0.1, 0.15) is 11.5 Å². The van der Waals surface area contributed by atoms with E-state index in [1.165, 1.54) is 6.07 Å². The fourth-order valence-corrected chi connectivity index (χ4v) is 3.77. The van der Waals surface area contributed by atoms with Gasteiger partial charge >= 0.3 is 5.63 Å². The molecule has 0 amide bonds. The molecule has 146 valence electrons. The van der Waals surface area contributed by atoms with E-state index < -0.39 is 17.6 Å². The molecular weight excluding hydrogens is 352 g/mol. The second-order valence-electron chi connectivity index (χ2n) is 6.98. The van der Waals surface area contributed by atoms with Crippen LogP contribution < -0.4 is 5.63 Å². The van der Waals surface area contributed by atoms with Crippen LogP contribution in [0.4, 0.5) is 0 Å². The Morgan fingerprint density at radius 2 is 1.46 bits per heavy atom. The molecule has 1 heterocycles. The largest absolute Gasteiger partial charge is 0.507 e. The van der Waals surface area contributed by atoms with Crippen molar-refractivity contribution < 1.29 is 14.6 Å². The van der Waals surface area contributed by atoms with E-state index in [1.807, 2.05) is 74.5 Å². The first-order valence-corrected chi connectivity index (χ1v) is 9.71. The van der Waals surface area contributed by atoms with E-state index in [-0.39, 0.29) is 17.2 Å². The zero-order valence-corrected chi connectivity index (χ0v) is 16.2. The van der Waals surface area contributed by atoms with Crippen LogP contribution in [-0.4, -0.2) is 10.2 Å². The van der Waals surface area contributed by atoms with Crippen LogP contribution in [0.15, 0.2) is 75.9 Å². The van der Waals surface area contributed by atoms with Crippen LogP contribution in [0.25, 0.3) is 0 Å². The van der Waals surface area contributed by atoms with Crippen LogP contribution >= 0.6 is 0 Å². The van der Waals surface area contributed by atoms with Crippen LogP contribution in [0, 0.1) is 0 Å². The summed E-state index contributed by atoms with van der Waals surface area (Å²) in [5.41, 5.74) is 1.42. The van der Waals surface area contributed by atoms with Gasteiger partial charge in [-0.1, -0.05) is 74.5 Å². The summed E-state index contributed by atoms with van der Waals surface area (Å²) in [7, 11) is 0. The zero-order valence-electron chi connectivity index (χ0n) is 16.2. The predicted octanol–water partition coefficient (Wildman–Crippen LogP) is 5.11. The number of benzene rings is 2. The quantitative estimate of drug-likeness (QED) is 0.599. The Morgan fingerprint density at radius 3 is 1.96 bits per heavy atom. The molecular formula is C24H26O4. The van der Waals surface area contributed by atoms with E-state index in [0.29, 0.717) is 18.6 Å². The summed E-state index contributed by atoms with van der Waals surface area (Å²) >= 11 is 0. The smallest absolute Gasteiger partial charge is 0.343 e. The highest BCUT2D eigenvalue weighted by Gasteiger charge is 2.27. The van der Waals surface area contributed by atoms with Crippen LogP contribution in [0.1, 0.15) is 67.1 Å². The van der Waals surface area contributed by atoms with Crippen LogP contribution in [0.2, 0.25) is 0 Å². The third kappa shape index (κ3) is 4.02. The van der Waals surface area contributed by atoms with E-state index in [4.69, 9.17) is 4.42 Å². The molecule has 0 spiro atoms. The molecule has 0 fully saturated rings. The number of aliphatic hydroxyl groups is 1. The maximum absolute atomic E-state index is 12.8. The first kappa shape index (κ1) is 19.9. The number of aromatic hydroxyl groups is 1. The van der Waals surface area contributed by atoms with Gasteiger partial charge in [0.05, 0.1) is 11.7 Å². The molecule has 3 aromatic rings. The summed E-state index contributed by atoms with van der Waals surface area (Å²) in [6.45, 7) is 3.89. The van der Waals surface area contributed by atoms with Crippen LogP contribution in [0.3, 0.4) is 0 Å². The average Bonchev–Trinajstić information content (AvgIpc) is 2.72. The number of rotatable bonds is 7. The van der Waals surface area contributed by atoms with Crippen molar-refractivity contribution in [3.8, 4) is 5.75 Å². The van der Waals surface area contributed by atoms with E-state index >= 15 is 0 Å². The molecule has 3 unspecified atom stereocenters. The summed E-state index contributed by atoms with van der Waals surface area (Å²) in [4.78, 5) is 12.8. The normalized spacial score (nSPS) is 14.4. The molecule has 28 heavy (non-hydrogen) atoms. The zero-order chi connectivity index (χ0) is 20.1. The third-order valence-electron chi connectivity index (χ3n) is 5.27. The van der Waals surface area contributed by atoms with Crippen molar-refractivity contribution in [1.29, 1.82) is 0 Å². The van der Waals surface area contributed by atoms with E-state index in [0.717, 1.165) is 11.1 Å². The monoisotopic (exact) mass is 378 g/mol. The van der Waals surface area contributed by atoms with Gasteiger partial charge in [0.15, 0.2) is 0 Å². The van der Waals surface area contributed by atoms with Gasteiger partial charge in [-0.05, 0) is 24.0 Å². The number of hydrogen-bond acceptors (Lipinski definition) is 4. The molecule has 0 aliphatic carbocycles. The van der Waals surface area contributed by atoms with E-state index in [2.05, 4.69) is 0 Å². The Labute approximate surface area is 165 Å². The van der Waals surface area contributed by atoms with E-state index in [1.54, 1.807) is 0 Å². The Morgan fingerprint density at radius 1 is 0.893 bits per heavy atom. The van der Waals surface area contributed by atoms with Gasteiger partial charge in [-0.25, -0.2) is 4.79 Å². The lowest BCUT2D eigenvalue weighted by Crippen LogP contribution is -2.17. The number of hydrogen-bond donors (Lipinski definition) is 2. The highest BCUT2D eigenvalue weighted by atomic mass is 16.4. The van der Waals surface area contributed by atoms with Crippen molar-refractivity contribution in [1.82, 2.24) is 0 Å². The van der Waals surface area contributed by atoms with E-state index in [9.17, 15) is 15.0 Å². The topological polar surface area (TPSA) is 70.7 Å². The second kappa shape index (κ2) is 8.89. The van der Waals surface area contributed by atoms with Gasteiger partial charge in [-0.3, -0.25) is 0 Å². The standard InChI is InChI=1S/C24H26O4/c1-3-18(16-11-7-5-8-12-16)22-20(25)15-21(28-24(22)27)19(4-2)23(26)17-13-9-6-10-14-17/h5-15,18-19,23,25-26H,3-4H2,1-2H3. The van der Waals surface area contributed by atoms with Gasteiger partial charge in [0, 0.05) is 17.9 Å². The summed E-state index contributed by atoms with van der Waals surface area (Å²) in [6, 6.07) is 20.4. The summed E-state index contributed by atoms with van der Waals surface area (Å²) in [5, 5.41) is 21.5. The Bertz CT molecular complexity index is 947. The maximum atomic E-state index is 12.8. The first-order valence-electron chi connectivity index (χ1n) is 9.71. The van der Waals surface area contributed by atoms with Crippen LogP contribution in [-0.2, 0) is 0 Å². The molecule has 4 nitrogen and oxygen atoms in total. The lowest BCUT2D eigenvalue weighted by atomic mass is 9.87. The minimum absolute atomic E-state index is 0.0827. The van der Waals surface area contributed by atoms with Crippen molar-refractivity contribution in [3.63, 3.8) is 0 Å². The molecule has 0 saturated heterocycles. The molecule has 0 aliphatic rings. The summed E-state index contributed by atoms with van der Waals surface area (Å²) in [6.07, 6.45) is 0.398. The fourth-order valence-electron chi connectivity index (χ4n) is 3.77. The number of aliphatic hydroxyl groups excluding tert-OH is 1. The van der Waals surface area contributed by atoms with Gasteiger partial charge in [0.25, 0.3) is 0 Å². The van der Waals surface area contributed by atoms with Crippen LogP contribution in [0.5, 0.6) is 5.75 Å². The Hall–Kier alpha value is -2.85. The summed E-state index contributed by atoms with van der Waals surface area (Å²) < 4.78 is 5.61. The first-order chi connectivity index (χ1) is 13.6. The fraction of sp³-hybridized carbons (Fsp3) is 0.292. The molecule has 0 aliphatic heterocycles. The van der Waals surface area contributed by atoms with Gasteiger partial charge in [0.2, 0.25) is 0 Å². The Balaban J connectivity index is 2.00. The van der Waals surface area contributed by atoms with Crippen molar-refractivity contribution in [2.45, 2.75) is 44.6 Å². The molecule has 0 bridgehead atoms. The minimum atomic E-state index is -0.823. The lowest BCUT2D eigenvalue weighted by Gasteiger charge is -2.22. The third-order valence-corrected chi connectivity index (χ3v) is 5.27.